The van der Waals surface area contributed by atoms with E-state index in [2.05, 4.69) is 4.98 Å². The van der Waals surface area contributed by atoms with Crippen molar-refractivity contribution in [1.29, 1.82) is 0 Å². The summed E-state index contributed by atoms with van der Waals surface area (Å²) in [7, 11) is 0. The third-order valence-corrected chi connectivity index (χ3v) is 2.34. The number of nitrogens with zero attached hydrogens (tertiary/aromatic N) is 1. The number of rotatable bonds is 2. The molecule has 0 fully saturated rings. The normalized spacial score (nSPS) is 14.8. The van der Waals surface area contributed by atoms with Crippen LogP contribution in [0.3, 0.4) is 0 Å². The molecule has 1 rings (SSSR count). The van der Waals surface area contributed by atoms with Crippen LogP contribution in [0.5, 0.6) is 0 Å². The summed E-state index contributed by atoms with van der Waals surface area (Å²) in [5.74, 6) is -2.15. The zero-order chi connectivity index (χ0) is 13.3. The molecule has 96 valence electrons. The SMILES string of the molecule is CC[C@@H](c1cnccc1C(F)(F)F)C(F)(F)F. The summed E-state index contributed by atoms with van der Waals surface area (Å²) in [6, 6.07) is 0.559. The van der Waals surface area contributed by atoms with Gasteiger partial charge in [0, 0.05) is 12.4 Å². The quantitative estimate of drug-likeness (QED) is 0.725. The Bertz CT molecular complexity index is 381. The zero-order valence-corrected chi connectivity index (χ0v) is 8.73. The second-order valence-corrected chi connectivity index (χ2v) is 3.46. The number of hydrogen-bond donors (Lipinski definition) is 0. The first kappa shape index (κ1) is 13.8. The van der Waals surface area contributed by atoms with Gasteiger partial charge in [-0.05, 0) is 18.1 Å². The average Bonchev–Trinajstić information content (AvgIpc) is 2.15. The molecule has 0 aromatic carbocycles. The van der Waals surface area contributed by atoms with Gasteiger partial charge in [-0.15, -0.1) is 0 Å². The van der Waals surface area contributed by atoms with Gasteiger partial charge >= 0.3 is 12.4 Å². The molecule has 7 heteroatoms. The van der Waals surface area contributed by atoms with Crippen molar-refractivity contribution in [2.45, 2.75) is 31.6 Å². The molecule has 1 heterocycles. The van der Waals surface area contributed by atoms with Crippen molar-refractivity contribution in [2.24, 2.45) is 0 Å². The van der Waals surface area contributed by atoms with Crippen LogP contribution in [-0.4, -0.2) is 11.2 Å². The highest BCUT2D eigenvalue weighted by atomic mass is 19.4. The second-order valence-electron chi connectivity index (χ2n) is 3.46. The van der Waals surface area contributed by atoms with Crippen LogP contribution in [0.25, 0.3) is 0 Å². The maximum Gasteiger partial charge on any atom is 0.416 e. The molecule has 17 heavy (non-hydrogen) atoms. The fourth-order valence-electron chi connectivity index (χ4n) is 1.57. The lowest BCUT2D eigenvalue weighted by Gasteiger charge is -2.22. The lowest BCUT2D eigenvalue weighted by molar-refractivity contribution is -0.157. The molecule has 0 aliphatic rings. The Hall–Kier alpha value is -1.27. The van der Waals surface area contributed by atoms with E-state index < -0.39 is 35.8 Å². The molecule has 0 aliphatic carbocycles. The van der Waals surface area contributed by atoms with E-state index in [4.69, 9.17) is 0 Å². The molecule has 0 saturated carbocycles. The molecule has 1 nitrogen and oxygen atoms in total. The Morgan fingerprint density at radius 2 is 1.76 bits per heavy atom. The summed E-state index contributed by atoms with van der Waals surface area (Å²) in [6.45, 7) is 1.19. The lowest BCUT2D eigenvalue weighted by Crippen LogP contribution is -2.23. The fraction of sp³-hybridized carbons (Fsp3) is 0.500. The van der Waals surface area contributed by atoms with Crippen molar-refractivity contribution in [3.05, 3.63) is 29.6 Å². The Kier molecular flexibility index (Phi) is 3.68. The summed E-state index contributed by atoms with van der Waals surface area (Å²) >= 11 is 0. The van der Waals surface area contributed by atoms with Crippen molar-refractivity contribution in [1.82, 2.24) is 4.98 Å². The van der Waals surface area contributed by atoms with E-state index >= 15 is 0 Å². The van der Waals surface area contributed by atoms with Gasteiger partial charge < -0.3 is 0 Å². The molecular weight excluding hydrogens is 248 g/mol. The third kappa shape index (κ3) is 3.10. The van der Waals surface area contributed by atoms with E-state index in [1.54, 1.807) is 0 Å². The molecule has 0 N–H and O–H groups in total. The maximum absolute atomic E-state index is 12.6. The summed E-state index contributed by atoms with van der Waals surface area (Å²) in [5.41, 5.74) is -2.10. The van der Waals surface area contributed by atoms with Gasteiger partial charge in [0.25, 0.3) is 0 Å². The van der Waals surface area contributed by atoms with Crippen LogP contribution in [0.4, 0.5) is 26.3 Å². The minimum atomic E-state index is -4.81. The molecule has 1 aromatic rings. The van der Waals surface area contributed by atoms with Crippen LogP contribution in [0.2, 0.25) is 0 Å². The summed E-state index contributed by atoms with van der Waals surface area (Å²) in [5, 5.41) is 0. The lowest BCUT2D eigenvalue weighted by atomic mass is 9.93. The van der Waals surface area contributed by atoms with Crippen LogP contribution in [0.15, 0.2) is 18.5 Å². The first-order valence-corrected chi connectivity index (χ1v) is 4.75. The summed E-state index contributed by atoms with van der Waals surface area (Å²) in [6.07, 6.45) is -8.52. The summed E-state index contributed by atoms with van der Waals surface area (Å²) in [4.78, 5) is 3.34. The van der Waals surface area contributed by atoms with E-state index in [1.807, 2.05) is 0 Å². The topological polar surface area (TPSA) is 12.9 Å². The molecule has 0 radical (unpaired) electrons. The molecule has 0 amide bonds. The number of alkyl halides is 6. The summed E-state index contributed by atoms with van der Waals surface area (Å²) < 4.78 is 75.4. The smallest absolute Gasteiger partial charge is 0.264 e. The van der Waals surface area contributed by atoms with Crippen LogP contribution in [-0.2, 0) is 6.18 Å². The van der Waals surface area contributed by atoms with Gasteiger partial charge in [-0.3, -0.25) is 4.98 Å². The number of aromatic nitrogens is 1. The Balaban J connectivity index is 3.30. The van der Waals surface area contributed by atoms with Crippen molar-refractivity contribution in [3.8, 4) is 0 Å². The highest BCUT2D eigenvalue weighted by Crippen LogP contribution is 2.42. The predicted molar refractivity (Wildman–Crippen MR) is 48.3 cm³/mol. The van der Waals surface area contributed by atoms with Gasteiger partial charge in [-0.1, -0.05) is 6.92 Å². The molecule has 1 aromatic heterocycles. The van der Waals surface area contributed by atoms with Gasteiger partial charge in [0.2, 0.25) is 0 Å². The average molecular weight is 257 g/mol. The van der Waals surface area contributed by atoms with Crippen LogP contribution >= 0.6 is 0 Å². The van der Waals surface area contributed by atoms with Gasteiger partial charge in [-0.2, -0.15) is 26.3 Å². The molecule has 0 bridgehead atoms. The monoisotopic (exact) mass is 257 g/mol. The van der Waals surface area contributed by atoms with E-state index in [0.29, 0.717) is 12.3 Å². The number of pyridine rings is 1. The molecule has 0 saturated heterocycles. The zero-order valence-electron chi connectivity index (χ0n) is 8.73. The molecule has 1 atom stereocenters. The Morgan fingerprint density at radius 1 is 1.18 bits per heavy atom. The largest absolute Gasteiger partial charge is 0.416 e. The Morgan fingerprint density at radius 3 is 2.18 bits per heavy atom. The van der Waals surface area contributed by atoms with Gasteiger partial charge in [0.05, 0.1) is 11.5 Å². The molecular formula is C10H9F6N. The molecule has 0 spiro atoms. The van der Waals surface area contributed by atoms with E-state index in [9.17, 15) is 26.3 Å². The van der Waals surface area contributed by atoms with Gasteiger partial charge in [0.1, 0.15) is 0 Å². The number of halogens is 6. The van der Waals surface area contributed by atoms with Crippen LogP contribution in [0, 0.1) is 0 Å². The van der Waals surface area contributed by atoms with Crippen LogP contribution in [0.1, 0.15) is 30.4 Å². The fourth-order valence-corrected chi connectivity index (χ4v) is 1.57. The first-order valence-electron chi connectivity index (χ1n) is 4.75. The van der Waals surface area contributed by atoms with Crippen molar-refractivity contribution >= 4 is 0 Å². The highest BCUT2D eigenvalue weighted by Gasteiger charge is 2.44. The van der Waals surface area contributed by atoms with Gasteiger partial charge in [-0.25, -0.2) is 0 Å². The van der Waals surface area contributed by atoms with E-state index in [-0.39, 0.29) is 0 Å². The van der Waals surface area contributed by atoms with Crippen molar-refractivity contribution in [2.75, 3.05) is 0 Å². The predicted octanol–water partition coefficient (Wildman–Crippen LogP) is 4.16. The minimum Gasteiger partial charge on any atom is -0.264 e. The second kappa shape index (κ2) is 4.54. The molecule has 0 aliphatic heterocycles. The first-order chi connectivity index (χ1) is 7.68. The van der Waals surface area contributed by atoms with E-state index in [0.717, 1.165) is 6.20 Å². The maximum atomic E-state index is 12.6. The third-order valence-electron chi connectivity index (χ3n) is 2.34. The van der Waals surface area contributed by atoms with Gasteiger partial charge in [0.15, 0.2) is 0 Å². The highest BCUT2D eigenvalue weighted by molar-refractivity contribution is 5.30. The van der Waals surface area contributed by atoms with Crippen LogP contribution < -0.4 is 0 Å². The minimum absolute atomic E-state index is 0.460. The van der Waals surface area contributed by atoms with Crippen molar-refractivity contribution < 1.29 is 26.3 Å². The standard InChI is InChI=1S/C10H9F6N/c1-2-7(9(11,12)13)6-5-17-4-3-8(6)10(14,15)16/h3-5,7H,2H2,1H3/t7-/m0/s1. The molecule has 0 unspecified atom stereocenters. The van der Waals surface area contributed by atoms with Crippen molar-refractivity contribution in [3.63, 3.8) is 0 Å². The van der Waals surface area contributed by atoms with E-state index in [1.165, 1.54) is 6.92 Å². The Labute approximate surface area is 93.5 Å². The number of hydrogen-bond acceptors (Lipinski definition) is 1.